The zero-order chi connectivity index (χ0) is 19.2. The fraction of sp³-hybridized carbons (Fsp3) is 0.263. The van der Waals surface area contributed by atoms with Gasteiger partial charge in [0.2, 0.25) is 12.7 Å². The van der Waals surface area contributed by atoms with E-state index in [1.807, 2.05) is 12.1 Å². The molecule has 0 bridgehead atoms. The first-order valence-electron chi connectivity index (χ1n) is 8.41. The lowest BCUT2D eigenvalue weighted by Crippen LogP contribution is -2.47. The van der Waals surface area contributed by atoms with Crippen LogP contribution in [-0.2, 0) is 16.0 Å². The average molecular weight is 374 g/mol. The first-order chi connectivity index (χ1) is 13.0. The minimum absolute atomic E-state index is 0.0331. The molecule has 1 unspecified atom stereocenters. The second-order valence-corrected chi connectivity index (χ2v) is 5.92. The molecule has 2 N–H and O–H groups in total. The van der Waals surface area contributed by atoms with Gasteiger partial charge < -0.3 is 14.2 Å². The van der Waals surface area contributed by atoms with E-state index in [1.165, 1.54) is 25.1 Å². The van der Waals surface area contributed by atoms with Crippen molar-refractivity contribution in [1.29, 1.82) is 0 Å². The summed E-state index contributed by atoms with van der Waals surface area (Å²) >= 11 is 0. The van der Waals surface area contributed by atoms with Gasteiger partial charge in [-0.1, -0.05) is 18.2 Å². The molecule has 0 saturated carbocycles. The van der Waals surface area contributed by atoms with Crippen molar-refractivity contribution in [2.45, 2.75) is 25.9 Å². The van der Waals surface area contributed by atoms with Crippen LogP contribution < -0.4 is 25.1 Å². The van der Waals surface area contributed by atoms with Gasteiger partial charge in [0, 0.05) is 6.42 Å². The Balaban J connectivity index is 1.42. The lowest BCUT2D eigenvalue weighted by Gasteiger charge is -2.15. The third kappa shape index (κ3) is 4.87. The van der Waals surface area contributed by atoms with Crippen LogP contribution in [0.15, 0.2) is 42.5 Å². The number of nitrogens with one attached hydrogen (secondary N) is 2. The van der Waals surface area contributed by atoms with Gasteiger partial charge in [0.15, 0.2) is 29.2 Å². The number of aryl methyl sites for hydroxylation is 1. The number of carbonyl (C=O) groups excluding carboxylic acids is 2. The van der Waals surface area contributed by atoms with Gasteiger partial charge in [0.1, 0.15) is 0 Å². The molecule has 0 radical (unpaired) electrons. The van der Waals surface area contributed by atoms with Gasteiger partial charge in [0.25, 0.3) is 5.91 Å². The highest BCUT2D eigenvalue weighted by molar-refractivity contribution is 5.84. The minimum atomic E-state index is -0.976. The summed E-state index contributed by atoms with van der Waals surface area (Å²) < 4.78 is 29.3. The quantitative estimate of drug-likeness (QED) is 0.757. The second kappa shape index (κ2) is 8.39. The summed E-state index contributed by atoms with van der Waals surface area (Å²) in [4.78, 5) is 23.9. The van der Waals surface area contributed by atoms with E-state index in [-0.39, 0.29) is 24.9 Å². The summed E-state index contributed by atoms with van der Waals surface area (Å²) in [5.74, 6) is -0.215. The Bertz CT molecular complexity index is 843. The first kappa shape index (κ1) is 18.5. The van der Waals surface area contributed by atoms with Crippen molar-refractivity contribution in [2.75, 3.05) is 6.79 Å². The summed E-state index contributed by atoms with van der Waals surface area (Å²) in [6.07, 6.45) is -0.335. The Kier molecular flexibility index (Phi) is 5.75. The Morgan fingerprint density at radius 1 is 1.15 bits per heavy atom. The second-order valence-electron chi connectivity index (χ2n) is 5.92. The molecule has 2 aromatic rings. The third-order valence-electron chi connectivity index (χ3n) is 3.91. The SMILES string of the molecule is CC(Oc1ccccc1F)C(=O)NNC(=O)CCc1ccc2c(c1)OCO2. The molecule has 2 amide bonds. The number of hydrazine groups is 1. The molecule has 0 spiro atoms. The highest BCUT2D eigenvalue weighted by Gasteiger charge is 2.17. The molecule has 1 aliphatic heterocycles. The number of benzene rings is 2. The molecule has 3 rings (SSSR count). The lowest BCUT2D eigenvalue weighted by molar-refractivity contribution is -0.132. The van der Waals surface area contributed by atoms with Crippen molar-refractivity contribution in [3.05, 3.63) is 53.8 Å². The average Bonchev–Trinajstić information content (AvgIpc) is 3.14. The molecule has 1 aliphatic rings. The summed E-state index contributed by atoms with van der Waals surface area (Å²) in [5, 5.41) is 0. The van der Waals surface area contributed by atoms with Crippen LogP contribution in [0.3, 0.4) is 0 Å². The highest BCUT2D eigenvalue weighted by Crippen LogP contribution is 2.32. The summed E-state index contributed by atoms with van der Waals surface area (Å²) in [5.41, 5.74) is 5.50. The van der Waals surface area contributed by atoms with Gasteiger partial charge in [-0.15, -0.1) is 0 Å². The number of para-hydroxylation sites is 1. The molecular formula is C19H19FN2O5. The van der Waals surface area contributed by atoms with E-state index in [1.54, 1.807) is 12.1 Å². The van der Waals surface area contributed by atoms with Crippen molar-refractivity contribution >= 4 is 11.8 Å². The van der Waals surface area contributed by atoms with E-state index in [0.29, 0.717) is 17.9 Å². The van der Waals surface area contributed by atoms with Crippen LogP contribution in [0.2, 0.25) is 0 Å². The van der Waals surface area contributed by atoms with Crippen molar-refractivity contribution in [3.63, 3.8) is 0 Å². The standard InChI is InChI=1S/C19H19FN2O5/c1-12(27-15-5-3-2-4-14(15)20)19(24)22-21-18(23)9-7-13-6-8-16-17(10-13)26-11-25-16/h2-6,8,10,12H,7,9,11H2,1H3,(H,21,23)(H,22,24). The number of ether oxygens (including phenoxy) is 3. The van der Waals surface area contributed by atoms with Gasteiger partial charge >= 0.3 is 0 Å². The third-order valence-corrected chi connectivity index (χ3v) is 3.91. The van der Waals surface area contributed by atoms with Crippen LogP contribution >= 0.6 is 0 Å². The molecule has 0 aromatic heterocycles. The largest absolute Gasteiger partial charge is 0.478 e. The van der Waals surface area contributed by atoms with Gasteiger partial charge in [-0.25, -0.2) is 4.39 Å². The highest BCUT2D eigenvalue weighted by atomic mass is 19.1. The molecule has 0 fully saturated rings. The number of hydrogen-bond donors (Lipinski definition) is 2. The van der Waals surface area contributed by atoms with Crippen molar-refractivity contribution in [2.24, 2.45) is 0 Å². The van der Waals surface area contributed by atoms with Crippen LogP contribution in [-0.4, -0.2) is 24.7 Å². The van der Waals surface area contributed by atoms with Crippen molar-refractivity contribution in [1.82, 2.24) is 10.9 Å². The predicted octanol–water partition coefficient (Wildman–Crippen LogP) is 2.10. The number of halogens is 1. The molecule has 7 nitrogen and oxygen atoms in total. The number of amides is 2. The van der Waals surface area contributed by atoms with Crippen LogP contribution in [0.25, 0.3) is 0 Å². The van der Waals surface area contributed by atoms with Crippen LogP contribution in [0.5, 0.6) is 17.2 Å². The fourth-order valence-corrected chi connectivity index (χ4v) is 2.43. The van der Waals surface area contributed by atoms with Gasteiger partial charge in [0.05, 0.1) is 0 Å². The minimum Gasteiger partial charge on any atom is -0.478 e. The van der Waals surface area contributed by atoms with Crippen LogP contribution in [0, 0.1) is 5.82 Å². The van der Waals surface area contributed by atoms with Crippen LogP contribution in [0.4, 0.5) is 4.39 Å². The molecule has 0 saturated heterocycles. The Morgan fingerprint density at radius 3 is 2.74 bits per heavy atom. The van der Waals surface area contributed by atoms with E-state index in [9.17, 15) is 14.0 Å². The Hall–Kier alpha value is -3.29. The zero-order valence-corrected chi connectivity index (χ0v) is 14.7. The number of fused-ring (bicyclic) bond motifs is 1. The zero-order valence-electron chi connectivity index (χ0n) is 14.7. The maximum atomic E-state index is 13.5. The lowest BCUT2D eigenvalue weighted by atomic mass is 10.1. The summed E-state index contributed by atoms with van der Waals surface area (Å²) in [6, 6.07) is 11.2. The fourth-order valence-electron chi connectivity index (χ4n) is 2.43. The first-order valence-corrected chi connectivity index (χ1v) is 8.41. The van der Waals surface area contributed by atoms with E-state index >= 15 is 0 Å². The molecule has 27 heavy (non-hydrogen) atoms. The smallest absolute Gasteiger partial charge is 0.279 e. The van der Waals surface area contributed by atoms with Crippen LogP contribution in [0.1, 0.15) is 18.9 Å². The van der Waals surface area contributed by atoms with Crippen molar-refractivity contribution in [3.8, 4) is 17.2 Å². The molecule has 8 heteroatoms. The molecule has 2 aromatic carbocycles. The van der Waals surface area contributed by atoms with E-state index in [0.717, 1.165) is 5.56 Å². The maximum Gasteiger partial charge on any atom is 0.279 e. The van der Waals surface area contributed by atoms with E-state index < -0.39 is 17.8 Å². The van der Waals surface area contributed by atoms with E-state index in [4.69, 9.17) is 14.2 Å². The maximum absolute atomic E-state index is 13.5. The van der Waals surface area contributed by atoms with Crippen molar-refractivity contribution < 1.29 is 28.2 Å². The summed E-state index contributed by atoms with van der Waals surface area (Å²) in [6.45, 7) is 1.65. The predicted molar refractivity (Wildman–Crippen MR) is 93.7 cm³/mol. The Morgan fingerprint density at radius 2 is 1.93 bits per heavy atom. The number of rotatable bonds is 6. The van der Waals surface area contributed by atoms with Gasteiger partial charge in [-0.05, 0) is 43.2 Å². The number of hydrogen-bond acceptors (Lipinski definition) is 5. The van der Waals surface area contributed by atoms with Gasteiger partial charge in [-0.2, -0.15) is 0 Å². The summed E-state index contributed by atoms with van der Waals surface area (Å²) in [7, 11) is 0. The monoisotopic (exact) mass is 374 g/mol. The number of carbonyl (C=O) groups is 2. The molecule has 1 atom stereocenters. The van der Waals surface area contributed by atoms with E-state index in [2.05, 4.69) is 10.9 Å². The molecule has 0 aliphatic carbocycles. The normalized spacial score (nSPS) is 13.0. The molecular weight excluding hydrogens is 355 g/mol. The van der Waals surface area contributed by atoms with Gasteiger partial charge in [-0.3, -0.25) is 20.4 Å². The molecule has 1 heterocycles. The molecule has 142 valence electrons. The Labute approximate surface area is 155 Å². The topological polar surface area (TPSA) is 85.9 Å².